The van der Waals surface area contributed by atoms with E-state index in [1.165, 1.54) is 24.5 Å². The molecule has 1 aliphatic heterocycles. The van der Waals surface area contributed by atoms with E-state index in [4.69, 9.17) is 17.3 Å². The number of nitrogens with one attached hydrogen (secondary N) is 1. The first kappa shape index (κ1) is 19.3. The van der Waals surface area contributed by atoms with Crippen LogP contribution < -0.4 is 11.1 Å². The van der Waals surface area contributed by atoms with Crippen molar-refractivity contribution in [2.24, 2.45) is 10.7 Å². The van der Waals surface area contributed by atoms with Crippen LogP contribution >= 0.6 is 34.5 Å². The molecule has 3 rings (SSSR count). The number of rotatable bonds is 4. The molecule has 1 amide bonds. The average Bonchev–Trinajstić information content (AvgIpc) is 3.19. The number of aliphatic imine (C=N–C) groups is 1. The number of amidine groups is 1. The summed E-state index contributed by atoms with van der Waals surface area (Å²) >= 11 is 8.74. The largest absolute Gasteiger partial charge is 0.386 e. The molecule has 2 aromatic heterocycles. The number of sulfone groups is 1. The van der Waals surface area contributed by atoms with Gasteiger partial charge >= 0.3 is 0 Å². The van der Waals surface area contributed by atoms with Crippen LogP contribution in [0.4, 0.5) is 0 Å². The third-order valence-corrected chi connectivity index (χ3v) is 8.81. The van der Waals surface area contributed by atoms with E-state index in [0.29, 0.717) is 21.3 Å². The van der Waals surface area contributed by atoms with Gasteiger partial charge in [0.2, 0.25) is 0 Å². The second-order valence-electron chi connectivity index (χ2n) is 6.22. The predicted molar refractivity (Wildman–Crippen MR) is 105 cm³/mol. The summed E-state index contributed by atoms with van der Waals surface area (Å²) in [4.78, 5) is 17.6. The molecule has 7 nitrogen and oxygen atoms in total. The predicted octanol–water partition coefficient (Wildman–Crippen LogP) is 2.18. The molecule has 0 aromatic carbocycles. The Balaban J connectivity index is 1.87. The molecule has 0 spiro atoms. The average molecular weight is 433 g/mol. The van der Waals surface area contributed by atoms with Crippen molar-refractivity contribution < 1.29 is 13.2 Å². The Morgan fingerprint density at radius 3 is 2.88 bits per heavy atom. The highest BCUT2D eigenvalue weighted by molar-refractivity contribution is 7.92. The van der Waals surface area contributed by atoms with E-state index in [1.807, 2.05) is 11.4 Å². The van der Waals surface area contributed by atoms with Crippen LogP contribution in [0.2, 0.25) is 5.02 Å². The monoisotopic (exact) mass is 432 g/mol. The fraction of sp³-hybridized carbons (Fsp3) is 0.400. The van der Waals surface area contributed by atoms with Crippen molar-refractivity contribution in [3.63, 3.8) is 0 Å². The second kappa shape index (κ2) is 6.91. The number of aromatic nitrogens is 1. The molecule has 3 heterocycles. The van der Waals surface area contributed by atoms with Gasteiger partial charge in [-0.3, -0.25) is 9.79 Å². The van der Waals surface area contributed by atoms with E-state index >= 15 is 0 Å². The number of halogens is 1. The van der Waals surface area contributed by atoms with Gasteiger partial charge < -0.3 is 11.1 Å². The highest BCUT2D eigenvalue weighted by atomic mass is 35.5. The van der Waals surface area contributed by atoms with E-state index in [-0.39, 0.29) is 17.5 Å². The third-order valence-electron chi connectivity index (χ3n) is 4.13. The number of carbonyl (C=O) groups excluding carboxylic acids is 1. The first-order valence-corrected chi connectivity index (χ1v) is 11.4. The highest BCUT2D eigenvalue weighted by Crippen LogP contribution is 2.41. The van der Waals surface area contributed by atoms with Gasteiger partial charge in [0.05, 0.1) is 32.8 Å². The number of nitrogens with zero attached hydrogens (tertiary/aromatic N) is 2. The van der Waals surface area contributed by atoms with Crippen LogP contribution in [-0.2, 0) is 21.9 Å². The lowest BCUT2D eigenvalue weighted by molar-refractivity contribution is 0.0954. The van der Waals surface area contributed by atoms with E-state index in [1.54, 1.807) is 6.92 Å². The molecular weight excluding hydrogens is 416 g/mol. The zero-order chi connectivity index (χ0) is 19.1. The minimum absolute atomic E-state index is 0.0535. The molecule has 0 radical (unpaired) electrons. The molecular formula is C15H17ClN4O3S3. The van der Waals surface area contributed by atoms with Gasteiger partial charge in [0, 0.05) is 5.38 Å². The van der Waals surface area contributed by atoms with Gasteiger partial charge in [-0.05, 0) is 37.5 Å². The summed E-state index contributed by atoms with van der Waals surface area (Å²) in [5, 5.41) is 4.08. The zero-order valence-corrected chi connectivity index (χ0v) is 17.2. The quantitative estimate of drug-likeness (QED) is 0.768. The van der Waals surface area contributed by atoms with Crippen molar-refractivity contribution in [2.75, 3.05) is 5.75 Å². The minimum Gasteiger partial charge on any atom is -0.386 e. The van der Waals surface area contributed by atoms with Crippen LogP contribution in [0, 0.1) is 0 Å². The molecule has 2 atom stereocenters. The number of hydrogen-bond donors (Lipinski definition) is 2. The van der Waals surface area contributed by atoms with Crippen LogP contribution in [-0.4, -0.2) is 35.5 Å². The number of nitrogens with two attached hydrogens (primary N) is 1. The number of carbonyl (C=O) groups is 1. The van der Waals surface area contributed by atoms with Crippen LogP contribution in [0.25, 0.3) is 0 Å². The van der Waals surface area contributed by atoms with Crippen LogP contribution in [0.5, 0.6) is 0 Å². The molecule has 11 heteroatoms. The first-order valence-electron chi connectivity index (χ1n) is 7.66. The van der Waals surface area contributed by atoms with Gasteiger partial charge in [0.15, 0.2) is 9.84 Å². The standard InChI is InChI=1S/C15H17ClN4O3S3/c1-8-13(17)19-15(2,7-26(8,22)23)12-10(16)5-11(25-12)14(21)18-6-9-3-4-24-20-9/h3-5,8H,6-7H2,1-2H3,(H2,17,19)(H,18,21). The lowest BCUT2D eigenvalue weighted by Gasteiger charge is -2.31. The molecule has 3 N–H and O–H groups in total. The number of thiophene rings is 1. The maximum absolute atomic E-state index is 12.4. The van der Waals surface area contributed by atoms with E-state index in [2.05, 4.69) is 14.7 Å². The van der Waals surface area contributed by atoms with E-state index in [9.17, 15) is 13.2 Å². The smallest absolute Gasteiger partial charge is 0.261 e. The molecule has 0 bridgehead atoms. The fourth-order valence-electron chi connectivity index (χ4n) is 2.66. The minimum atomic E-state index is -3.45. The maximum atomic E-state index is 12.4. The lowest BCUT2D eigenvalue weighted by atomic mass is 10.0. The molecule has 0 saturated heterocycles. The van der Waals surface area contributed by atoms with Gasteiger partial charge in [-0.1, -0.05) is 11.6 Å². The van der Waals surface area contributed by atoms with Crippen LogP contribution in [0.1, 0.15) is 34.1 Å². The summed E-state index contributed by atoms with van der Waals surface area (Å²) in [7, 11) is -3.45. The lowest BCUT2D eigenvalue weighted by Crippen LogP contribution is -2.47. The van der Waals surface area contributed by atoms with Crippen molar-refractivity contribution >= 4 is 56.1 Å². The van der Waals surface area contributed by atoms with E-state index in [0.717, 1.165) is 17.0 Å². The van der Waals surface area contributed by atoms with Gasteiger partial charge in [-0.2, -0.15) is 4.37 Å². The molecule has 1 aliphatic rings. The van der Waals surface area contributed by atoms with Crippen molar-refractivity contribution in [1.82, 2.24) is 9.69 Å². The van der Waals surface area contributed by atoms with Gasteiger partial charge in [0.25, 0.3) is 5.91 Å². The van der Waals surface area contributed by atoms with Crippen molar-refractivity contribution in [3.8, 4) is 0 Å². The fourth-order valence-corrected chi connectivity index (χ4v) is 6.50. The second-order valence-corrected chi connectivity index (χ2v) is 10.7. The number of hydrogen-bond acceptors (Lipinski definition) is 8. The Labute approximate surface area is 164 Å². The maximum Gasteiger partial charge on any atom is 0.261 e. The summed E-state index contributed by atoms with van der Waals surface area (Å²) in [6.45, 7) is 3.49. The molecule has 0 aliphatic carbocycles. The van der Waals surface area contributed by atoms with Gasteiger partial charge in [-0.25, -0.2) is 8.42 Å². The Hall–Kier alpha value is -1.49. The molecule has 0 saturated carbocycles. The van der Waals surface area contributed by atoms with Crippen LogP contribution in [0.15, 0.2) is 22.5 Å². The van der Waals surface area contributed by atoms with Crippen LogP contribution in [0.3, 0.4) is 0 Å². The SMILES string of the molecule is CC1C(N)=NC(C)(c2sc(C(=O)NCc3ccsn3)cc2Cl)CS1(=O)=O. The van der Waals surface area contributed by atoms with E-state index < -0.39 is 20.6 Å². The Kier molecular flexibility index (Phi) is 5.13. The Bertz CT molecular complexity index is 968. The third kappa shape index (κ3) is 3.64. The van der Waals surface area contributed by atoms with Crippen molar-refractivity contribution in [1.29, 1.82) is 0 Å². The summed E-state index contributed by atoms with van der Waals surface area (Å²) in [6.07, 6.45) is 0. The molecule has 140 valence electrons. The van der Waals surface area contributed by atoms with Gasteiger partial charge in [0.1, 0.15) is 16.6 Å². The Morgan fingerprint density at radius 1 is 1.54 bits per heavy atom. The Morgan fingerprint density at radius 2 is 2.27 bits per heavy atom. The first-order chi connectivity index (χ1) is 12.1. The normalized spacial score (nSPS) is 24.9. The number of amides is 1. The van der Waals surface area contributed by atoms with Crippen molar-refractivity contribution in [2.45, 2.75) is 31.2 Å². The molecule has 0 fully saturated rings. The molecule has 2 aromatic rings. The summed E-state index contributed by atoms with van der Waals surface area (Å²) in [5.74, 6) is -0.455. The molecule has 26 heavy (non-hydrogen) atoms. The topological polar surface area (TPSA) is 115 Å². The summed E-state index contributed by atoms with van der Waals surface area (Å²) in [5.41, 5.74) is 5.49. The molecule has 2 unspecified atom stereocenters. The van der Waals surface area contributed by atoms with Crippen molar-refractivity contribution in [3.05, 3.63) is 38.0 Å². The highest BCUT2D eigenvalue weighted by Gasteiger charge is 2.43. The van der Waals surface area contributed by atoms with Gasteiger partial charge in [-0.15, -0.1) is 11.3 Å². The summed E-state index contributed by atoms with van der Waals surface area (Å²) in [6, 6.07) is 3.35. The zero-order valence-electron chi connectivity index (χ0n) is 14.0. The summed E-state index contributed by atoms with van der Waals surface area (Å²) < 4.78 is 28.9.